The van der Waals surface area contributed by atoms with Crippen LogP contribution in [0.25, 0.3) is 0 Å². The zero-order chi connectivity index (χ0) is 12.3. The van der Waals surface area contributed by atoms with Crippen molar-refractivity contribution in [3.05, 3.63) is 34.4 Å². The van der Waals surface area contributed by atoms with Crippen molar-refractivity contribution in [1.29, 1.82) is 5.26 Å². The highest BCUT2D eigenvalue weighted by atomic mass is 19.3. The van der Waals surface area contributed by atoms with Gasteiger partial charge < -0.3 is 5.11 Å². The predicted molar refractivity (Wildman–Crippen MR) is 52.5 cm³/mol. The molecule has 0 saturated carbocycles. The SMILES string of the molecule is CCc1c(C#N)ccc(C(F)F)c1C(=O)O. The lowest BCUT2D eigenvalue weighted by Crippen LogP contribution is -2.09. The highest BCUT2D eigenvalue weighted by Gasteiger charge is 2.22. The Hall–Kier alpha value is -1.96. The van der Waals surface area contributed by atoms with E-state index in [2.05, 4.69) is 0 Å². The molecule has 3 nitrogen and oxygen atoms in total. The number of nitrogens with zero attached hydrogens (tertiary/aromatic N) is 1. The molecule has 16 heavy (non-hydrogen) atoms. The first-order valence-electron chi connectivity index (χ1n) is 4.60. The van der Waals surface area contributed by atoms with Crippen LogP contribution in [0.15, 0.2) is 12.1 Å². The smallest absolute Gasteiger partial charge is 0.336 e. The van der Waals surface area contributed by atoms with Gasteiger partial charge in [0, 0.05) is 5.56 Å². The number of hydrogen-bond acceptors (Lipinski definition) is 2. The van der Waals surface area contributed by atoms with Gasteiger partial charge in [0.2, 0.25) is 0 Å². The van der Waals surface area contributed by atoms with Gasteiger partial charge in [-0.05, 0) is 18.1 Å². The average Bonchev–Trinajstić information content (AvgIpc) is 2.26. The summed E-state index contributed by atoms with van der Waals surface area (Å²) in [7, 11) is 0. The van der Waals surface area contributed by atoms with E-state index in [1.165, 1.54) is 6.07 Å². The van der Waals surface area contributed by atoms with E-state index < -0.39 is 23.5 Å². The molecule has 0 radical (unpaired) electrons. The molecule has 0 spiro atoms. The third kappa shape index (κ3) is 2.01. The molecule has 0 bridgehead atoms. The van der Waals surface area contributed by atoms with Gasteiger partial charge in [0.05, 0.1) is 17.2 Å². The largest absolute Gasteiger partial charge is 0.478 e. The number of hydrogen-bond donors (Lipinski definition) is 1. The van der Waals surface area contributed by atoms with Crippen molar-refractivity contribution >= 4 is 5.97 Å². The monoisotopic (exact) mass is 225 g/mol. The Bertz CT molecular complexity index is 464. The topological polar surface area (TPSA) is 61.1 Å². The summed E-state index contributed by atoms with van der Waals surface area (Å²) in [6, 6.07) is 4.02. The normalized spacial score (nSPS) is 10.2. The van der Waals surface area contributed by atoms with E-state index in [4.69, 9.17) is 10.4 Å². The first kappa shape index (κ1) is 12.1. The van der Waals surface area contributed by atoms with Gasteiger partial charge in [-0.3, -0.25) is 0 Å². The summed E-state index contributed by atoms with van der Waals surface area (Å²) in [4.78, 5) is 10.9. The van der Waals surface area contributed by atoms with Crippen molar-refractivity contribution in [1.82, 2.24) is 0 Å². The Balaban J connectivity index is 3.58. The highest BCUT2D eigenvalue weighted by Crippen LogP contribution is 2.28. The van der Waals surface area contributed by atoms with Crippen molar-refractivity contribution in [2.45, 2.75) is 19.8 Å². The molecule has 84 valence electrons. The number of carboxylic acid groups (broad SMARTS) is 1. The number of carboxylic acids is 1. The molecule has 1 aromatic rings. The van der Waals surface area contributed by atoms with Crippen LogP contribution >= 0.6 is 0 Å². The number of rotatable bonds is 3. The summed E-state index contributed by atoms with van der Waals surface area (Å²) < 4.78 is 25.2. The van der Waals surface area contributed by atoms with Crippen molar-refractivity contribution in [3.63, 3.8) is 0 Å². The van der Waals surface area contributed by atoms with Crippen LogP contribution in [0.2, 0.25) is 0 Å². The molecular formula is C11H9F2NO2. The van der Waals surface area contributed by atoms with E-state index in [0.717, 1.165) is 6.07 Å². The molecule has 0 aliphatic rings. The van der Waals surface area contributed by atoms with Crippen LogP contribution in [0, 0.1) is 11.3 Å². The number of alkyl halides is 2. The second kappa shape index (κ2) is 4.71. The van der Waals surface area contributed by atoms with Gasteiger partial charge in [-0.25, -0.2) is 13.6 Å². The van der Waals surface area contributed by atoms with E-state index in [1.807, 2.05) is 0 Å². The molecule has 1 rings (SSSR count). The summed E-state index contributed by atoms with van der Waals surface area (Å²) in [5, 5.41) is 17.7. The maximum atomic E-state index is 12.6. The average molecular weight is 225 g/mol. The Kier molecular flexibility index (Phi) is 3.56. The minimum atomic E-state index is -2.86. The van der Waals surface area contributed by atoms with Crippen LogP contribution < -0.4 is 0 Å². The van der Waals surface area contributed by atoms with Gasteiger partial charge >= 0.3 is 5.97 Å². The zero-order valence-corrected chi connectivity index (χ0v) is 8.50. The minimum Gasteiger partial charge on any atom is -0.478 e. The summed E-state index contributed by atoms with van der Waals surface area (Å²) in [5.41, 5.74) is -0.697. The van der Waals surface area contributed by atoms with Crippen molar-refractivity contribution in [2.75, 3.05) is 0 Å². The van der Waals surface area contributed by atoms with Gasteiger partial charge in [0.1, 0.15) is 0 Å². The molecule has 0 aliphatic carbocycles. The minimum absolute atomic E-state index is 0.129. The first-order valence-corrected chi connectivity index (χ1v) is 4.60. The van der Waals surface area contributed by atoms with E-state index in [1.54, 1.807) is 13.0 Å². The summed E-state index contributed by atoms with van der Waals surface area (Å²) in [6.45, 7) is 1.62. The maximum absolute atomic E-state index is 12.6. The van der Waals surface area contributed by atoms with E-state index in [-0.39, 0.29) is 17.5 Å². The van der Waals surface area contributed by atoms with Gasteiger partial charge in [0.25, 0.3) is 6.43 Å². The molecule has 0 atom stereocenters. The number of carbonyl (C=O) groups is 1. The van der Waals surface area contributed by atoms with Gasteiger partial charge in [-0.2, -0.15) is 5.26 Å². The van der Waals surface area contributed by atoms with Crippen molar-refractivity contribution < 1.29 is 18.7 Å². The molecule has 1 N–H and O–H groups in total. The van der Waals surface area contributed by atoms with Gasteiger partial charge in [-0.15, -0.1) is 0 Å². The lowest BCUT2D eigenvalue weighted by Gasteiger charge is -2.11. The third-order valence-corrected chi connectivity index (χ3v) is 2.27. The number of benzene rings is 1. The fraction of sp³-hybridized carbons (Fsp3) is 0.273. The molecule has 0 aliphatic heterocycles. The lowest BCUT2D eigenvalue weighted by atomic mass is 9.95. The van der Waals surface area contributed by atoms with E-state index in [0.29, 0.717) is 0 Å². The summed E-state index contributed by atoms with van der Waals surface area (Å²) in [5.74, 6) is -1.43. The Morgan fingerprint density at radius 2 is 2.19 bits per heavy atom. The quantitative estimate of drug-likeness (QED) is 0.860. The highest BCUT2D eigenvalue weighted by molar-refractivity contribution is 5.92. The maximum Gasteiger partial charge on any atom is 0.336 e. The van der Waals surface area contributed by atoms with Crippen LogP contribution in [0.1, 0.15) is 40.4 Å². The Labute approximate surface area is 90.9 Å². The number of nitriles is 1. The Morgan fingerprint density at radius 3 is 2.56 bits per heavy atom. The third-order valence-electron chi connectivity index (χ3n) is 2.27. The van der Waals surface area contributed by atoms with Crippen molar-refractivity contribution in [3.8, 4) is 6.07 Å². The van der Waals surface area contributed by atoms with Crippen LogP contribution in [-0.2, 0) is 6.42 Å². The Morgan fingerprint density at radius 1 is 1.56 bits per heavy atom. The number of halogens is 2. The van der Waals surface area contributed by atoms with E-state index >= 15 is 0 Å². The van der Waals surface area contributed by atoms with Crippen LogP contribution in [0.5, 0.6) is 0 Å². The van der Waals surface area contributed by atoms with Crippen LogP contribution in [0.3, 0.4) is 0 Å². The molecule has 0 unspecified atom stereocenters. The molecule has 1 aromatic carbocycles. The standard InChI is InChI=1S/C11H9F2NO2/c1-2-7-6(5-14)3-4-8(10(12)13)9(7)11(15)16/h3-4,10H,2H2,1H3,(H,15,16). The number of aromatic carboxylic acids is 1. The molecule has 0 aromatic heterocycles. The van der Waals surface area contributed by atoms with Crippen molar-refractivity contribution in [2.24, 2.45) is 0 Å². The molecule has 0 amide bonds. The molecular weight excluding hydrogens is 216 g/mol. The fourth-order valence-corrected chi connectivity index (χ4v) is 1.57. The van der Waals surface area contributed by atoms with Gasteiger partial charge in [-0.1, -0.05) is 13.0 Å². The second-order valence-corrected chi connectivity index (χ2v) is 3.13. The molecule has 0 saturated heterocycles. The van der Waals surface area contributed by atoms with Gasteiger partial charge in [0.15, 0.2) is 0 Å². The lowest BCUT2D eigenvalue weighted by molar-refractivity contribution is 0.0683. The fourth-order valence-electron chi connectivity index (χ4n) is 1.57. The first-order chi connectivity index (χ1) is 7.52. The second-order valence-electron chi connectivity index (χ2n) is 3.13. The summed E-state index contributed by atoms with van der Waals surface area (Å²) in [6.07, 6.45) is -2.63. The molecule has 0 fully saturated rings. The summed E-state index contributed by atoms with van der Waals surface area (Å²) >= 11 is 0. The van der Waals surface area contributed by atoms with Crippen LogP contribution in [-0.4, -0.2) is 11.1 Å². The zero-order valence-electron chi connectivity index (χ0n) is 8.50. The van der Waals surface area contributed by atoms with Crippen LogP contribution in [0.4, 0.5) is 8.78 Å². The molecule has 5 heteroatoms. The molecule has 0 heterocycles. The predicted octanol–water partition coefficient (Wildman–Crippen LogP) is 2.76. The van der Waals surface area contributed by atoms with E-state index in [9.17, 15) is 13.6 Å².